The summed E-state index contributed by atoms with van der Waals surface area (Å²) < 4.78 is 10.7. The van der Waals surface area contributed by atoms with Crippen molar-refractivity contribution < 1.29 is 9.47 Å². The van der Waals surface area contributed by atoms with Crippen LogP contribution >= 0.6 is 0 Å². The molecule has 0 radical (unpaired) electrons. The Morgan fingerprint density at radius 3 is 2.32 bits per heavy atom. The SMILES string of the molecule is CNc1c(-c2cc(OC)c(OC)cc2C)n[nH]c1C. The number of methoxy groups -OCH3 is 2. The number of aryl methyl sites for hydroxylation is 2. The van der Waals surface area contributed by atoms with Crippen molar-refractivity contribution in [1.82, 2.24) is 10.2 Å². The first-order valence-electron chi connectivity index (χ1n) is 6.08. The fourth-order valence-corrected chi connectivity index (χ4v) is 2.17. The number of H-pyrrole nitrogens is 1. The monoisotopic (exact) mass is 261 g/mol. The average molecular weight is 261 g/mol. The number of rotatable bonds is 4. The topological polar surface area (TPSA) is 59.2 Å². The molecular weight excluding hydrogens is 242 g/mol. The number of aromatic amines is 1. The molecule has 0 saturated heterocycles. The molecule has 0 fully saturated rings. The minimum atomic E-state index is 0.700. The fraction of sp³-hybridized carbons (Fsp3) is 0.357. The number of nitrogens with one attached hydrogen (secondary N) is 2. The Hall–Kier alpha value is -2.17. The zero-order chi connectivity index (χ0) is 14.0. The van der Waals surface area contributed by atoms with Crippen molar-refractivity contribution in [3.05, 3.63) is 23.4 Å². The summed E-state index contributed by atoms with van der Waals surface area (Å²) >= 11 is 0. The summed E-state index contributed by atoms with van der Waals surface area (Å²) in [5.41, 5.74) is 4.99. The second kappa shape index (κ2) is 5.22. The van der Waals surface area contributed by atoms with Crippen LogP contribution in [0, 0.1) is 13.8 Å². The molecule has 1 aromatic heterocycles. The van der Waals surface area contributed by atoms with E-state index in [4.69, 9.17) is 9.47 Å². The smallest absolute Gasteiger partial charge is 0.161 e. The van der Waals surface area contributed by atoms with Crippen molar-refractivity contribution >= 4 is 5.69 Å². The third kappa shape index (κ3) is 2.23. The van der Waals surface area contributed by atoms with Gasteiger partial charge < -0.3 is 14.8 Å². The maximum atomic E-state index is 5.35. The van der Waals surface area contributed by atoms with E-state index in [0.717, 1.165) is 34.0 Å². The highest BCUT2D eigenvalue weighted by Crippen LogP contribution is 2.37. The third-order valence-electron chi connectivity index (χ3n) is 3.18. The molecule has 0 aliphatic carbocycles. The molecule has 2 rings (SSSR count). The molecule has 0 aliphatic heterocycles. The molecule has 0 aliphatic rings. The zero-order valence-electron chi connectivity index (χ0n) is 11.9. The van der Waals surface area contributed by atoms with Crippen molar-refractivity contribution in [2.45, 2.75) is 13.8 Å². The summed E-state index contributed by atoms with van der Waals surface area (Å²) in [6.45, 7) is 4.01. The van der Waals surface area contributed by atoms with Gasteiger partial charge in [-0.1, -0.05) is 0 Å². The van der Waals surface area contributed by atoms with Gasteiger partial charge in [0.1, 0.15) is 5.69 Å². The number of aromatic nitrogens is 2. The molecule has 19 heavy (non-hydrogen) atoms. The van der Waals surface area contributed by atoms with Gasteiger partial charge in [0.15, 0.2) is 11.5 Å². The van der Waals surface area contributed by atoms with Gasteiger partial charge in [-0.2, -0.15) is 5.10 Å². The number of ether oxygens (including phenoxy) is 2. The molecule has 0 saturated carbocycles. The molecule has 102 valence electrons. The average Bonchev–Trinajstić information content (AvgIpc) is 2.79. The first-order valence-corrected chi connectivity index (χ1v) is 6.08. The lowest BCUT2D eigenvalue weighted by atomic mass is 10.0. The van der Waals surface area contributed by atoms with Gasteiger partial charge in [0.2, 0.25) is 0 Å². The van der Waals surface area contributed by atoms with Gasteiger partial charge >= 0.3 is 0 Å². The molecule has 0 spiro atoms. The second-order valence-corrected chi connectivity index (χ2v) is 4.34. The maximum absolute atomic E-state index is 5.35. The van der Waals surface area contributed by atoms with Gasteiger partial charge in [0.25, 0.3) is 0 Å². The van der Waals surface area contributed by atoms with Crippen molar-refractivity contribution in [2.75, 3.05) is 26.6 Å². The lowest BCUT2D eigenvalue weighted by Crippen LogP contribution is -1.96. The summed E-state index contributed by atoms with van der Waals surface area (Å²) in [7, 11) is 5.15. The van der Waals surface area contributed by atoms with E-state index in [1.807, 2.05) is 33.0 Å². The van der Waals surface area contributed by atoms with Crippen molar-refractivity contribution in [1.29, 1.82) is 0 Å². The van der Waals surface area contributed by atoms with Crippen LogP contribution in [0.2, 0.25) is 0 Å². The van der Waals surface area contributed by atoms with Crippen LogP contribution in [-0.4, -0.2) is 31.5 Å². The van der Waals surface area contributed by atoms with Crippen LogP contribution < -0.4 is 14.8 Å². The van der Waals surface area contributed by atoms with Gasteiger partial charge in [-0.15, -0.1) is 0 Å². The molecular formula is C14H19N3O2. The van der Waals surface area contributed by atoms with E-state index < -0.39 is 0 Å². The van der Waals surface area contributed by atoms with Crippen LogP contribution in [0.4, 0.5) is 5.69 Å². The highest BCUT2D eigenvalue weighted by atomic mass is 16.5. The van der Waals surface area contributed by atoms with Crippen molar-refractivity contribution in [3.8, 4) is 22.8 Å². The van der Waals surface area contributed by atoms with E-state index in [1.54, 1.807) is 14.2 Å². The predicted molar refractivity (Wildman–Crippen MR) is 76.1 cm³/mol. The summed E-state index contributed by atoms with van der Waals surface area (Å²) in [5.74, 6) is 1.42. The highest BCUT2D eigenvalue weighted by molar-refractivity contribution is 5.79. The summed E-state index contributed by atoms with van der Waals surface area (Å²) in [4.78, 5) is 0. The molecule has 1 aromatic carbocycles. The van der Waals surface area contributed by atoms with Crippen LogP contribution in [0.3, 0.4) is 0 Å². The molecule has 5 heteroatoms. The van der Waals surface area contributed by atoms with Gasteiger partial charge in [-0.25, -0.2) is 0 Å². The van der Waals surface area contributed by atoms with Crippen LogP contribution in [0.1, 0.15) is 11.3 Å². The summed E-state index contributed by atoms with van der Waals surface area (Å²) in [6.07, 6.45) is 0. The van der Waals surface area contributed by atoms with Crippen molar-refractivity contribution in [2.24, 2.45) is 0 Å². The predicted octanol–water partition coefficient (Wildman–Crippen LogP) is 2.75. The lowest BCUT2D eigenvalue weighted by molar-refractivity contribution is 0.355. The standard InChI is InChI=1S/C14H19N3O2/c1-8-6-11(18-4)12(19-5)7-10(8)14-13(15-3)9(2)16-17-14/h6-7,15H,1-5H3,(H,16,17). The summed E-state index contributed by atoms with van der Waals surface area (Å²) in [6, 6.07) is 3.90. The van der Waals surface area contributed by atoms with E-state index in [2.05, 4.69) is 15.5 Å². The van der Waals surface area contributed by atoms with E-state index in [9.17, 15) is 0 Å². The third-order valence-corrected chi connectivity index (χ3v) is 3.18. The number of benzene rings is 1. The van der Waals surface area contributed by atoms with Gasteiger partial charge in [0.05, 0.1) is 25.6 Å². The Morgan fingerprint density at radius 1 is 1.11 bits per heavy atom. The Kier molecular flexibility index (Phi) is 3.64. The Bertz CT molecular complexity index is 591. The molecule has 0 amide bonds. The van der Waals surface area contributed by atoms with Crippen LogP contribution in [0.15, 0.2) is 12.1 Å². The van der Waals surface area contributed by atoms with Gasteiger partial charge in [0, 0.05) is 12.6 Å². The normalized spacial score (nSPS) is 10.4. The largest absolute Gasteiger partial charge is 0.493 e. The highest BCUT2D eigenvalue weighted by Gasteiger charge is 2.16. The maximum Gasteiger partial charge on any atom is 0.161 e. The first-order chi connectivity index (χ1) is 9.12. The Morgan fingerprint density at radius 2 is 1.74 bits per heavy atom. The van der Waals surface area contributed by atoms with E-state index in [0.29, 0.717) is 5.75 Å². The van der Waals surface area contributed by atoms with E-state index in [1.165, 1.54) is 0 Å². The molecule has 2 N–H and O–H groups in total. The molecule has 1 heterocycles. The quantitative estimate of drug-likeness (QED) is 0.888. The molecule has 0 bridgehead atoms. The zero-order valence-corrected chi connectivity index (χ0v) is 11.9. The lowest BCUT2D eigenvalue weighted by Gasteiger charge is -2.12. The molecule has 5 nitrogen and oxygen atoms in total. The van der Waals surface area contributed by atoms with Gasteiger partial charge in [-0.05, 0) is 31.5 Å². The van der Waals surface area contributed by atoms with Crippen LogP contribution in [0.25, 0.3) is 11.3 Å². The van der Waals surface area contributed by atoms with Gasteiger partial charge in [-0.3, -0.25) is 5.10 Å². The first kappa shape index (κ1) is 13.3. The minimum Gasteiger partial charge on any atom is -0.493 e. The minimum absolute atomic E-state index is 0.700. The van der Waals surface area contributed by atoms with E-state index >= 15 is 0 Å². The second-order valence-electron chi connectivity index (χ2n) is 4.34. The molecule has 0 atom stereocenters. The number of hydrogen-bond donors (Lipinski definition) is 2. The molecule has 2 aromatic rings. The van der Waals surface area contributed by atoms with Crippen LogP contribution in [-0.2, 0) is 0 Å². The van der Waals surface area contributed by atoms with E-state index in [-0.39, 0.29) is 0 Å². The Labute approximate surface area is 112 Å². The van der Waals surface area contributed by atoms with Crippen LogP contribution in [0.5, 0.6) is 11.5 Å². The molecule has 0 unspecified atom stereocenters. The summed E-state index contributed by atoms with van der Waals surface area (Å²) in [5, 5.41) is 10.5. The number of hydrogen-bond acceptors (Lipinski definition) is 4. The number of nitrogens with zero attached hydrogens (tertiary/aromatic N) is 1. The fourth-order valence-electron chi connectivity index (χ4n) is 2.17. The Balaban J connectivity index is 2.61. The van der Waals surface area contributed by atoms with Crippen molar-refractivity contribution in [3.63, 3.8) is 0 Å². The number of anilines is 1.